The zero-order valence-corrected chi connectivity index (χ0v) is 7.13. The molecule has 0 atom stereocenters. The molecule has 0 unspecified atom stereocenters. The first kappa shape index (κ1) is 8.49. The van der Waals surface area contributed by atoms with Crippen LogP contribution < -0.4 is 5.32 Å². The molecular formula is C7H15N3O. The Bertz CT molecular complexity index is 147. The van der Waals surface area contributed by atoms with Crippen LogP contribution in [0.25, 0.3) is 0 Å². The number of amides is 1. The van der Waals surface area contributed by atoms with Crippen molar-refractivity contribution in [3.8, 4) is 0 Å². The van der Waals surface area contributed by atoms with Crippen LogP contribution in [0.1, 0.15) is 0 Å². The predicted octanol–water partition coefficient (Wildman–Crippen LogP) is -1.06. The Morgan fingerprint density at radius 2 is 2.36 bits per heavy atom. The molecule has 0 aromatic carbocycles. The minimum Gasteiger partial charge on any atom is -0.327 e. The Morgan fingerprint density at radius 3 is 2.91 bits per heavy atom. The van der Waals surface area contributed by atoms with Crippen molar-refractivity contribution >= 4 is 5.91 Å². The van der Waals surface area contributed by atoms with E-state index in [4.69, 9.17) is 0 Å². The summed E-state index contributed by atoms with van der Waals surface area (Å²) < 4.78 is 0. The van der Waals surface area contributed by atoms with E-state index in [0.29, 0.717) is 6.54 Å². The van der Waals surface area contributed by atoms with E-state index in [1.165, 1.54) is 0 Å². The van der Waals surface area contributed by atoms with E-state index in [0.717, 1.165) is 19.8 Å². The van der Waals surface area contributed by atoms with E-state index in [2.05, 4.69) is 5.32 Å². The molecule has 1 heterocycles. The maximum absolute atomic E-state index is 11.2. The molecule has 4 nitrogen and oxygen atoms in total. The average Bonchev–Trinajstić information content (AvgIpc) is 1.93. The first-order valence-electron chi connectivity index (χ1n) is 3.83. The van der Waals surface area contributed by atoms with Crippen molar-refractivity contribution in [1.82, 2.24) is 15.1 Å². The first-order chi connectivity index (χ1) is 5.20. The maximum Gasteiger partial charge on any atom is 0.237 e. The van der Waals surface area contributed by atoms with Crippen LogP contribution in [0.5, 0.6) is 0 Å². The number of piperazine rings is 1. The lowest BCUT2D eigenvalue weighted by Gasteiger charge is -2.29. The molecule has 0 bridgehead atoms. The van der Waals surface area contributed by atoms with Gasteiger partial charge in [0.1, 0.15) is 0 Å². The van der Waals surface area contributed by atoms with Crippen LogP contribution >= 0.6 is 0 Å². The summed E-state index contributed by atoms with van der Waals surface area (Å²) in [6, 6.07) is 0. The van der Waals surface area contributed by atoms with E-state index < -0.39 is 0 Å². The van der Waals surface area contributed by atoms with E-state index in [1.807, 2.05) is 23.9 Å². The molecule has 64 valence electrons. The molecule has 1 N–H and O–H groups in total. The van der Waals surface area contributed by atoms with Crippen LogP contribution in [0.4, 0.5) is 0 Å². The summed E-state index contributed by atoms with van der Waals surface area (Å²) in [5.41, 5.74) is 0. The van der Waals surface area contributed by atoms with Crippen LogP contribution in [0.3, 0.4) is 0 Å². The predicted molar refractivity (Wildman–Crippen MR) is 43.1 cm³/mol. The van der Waals surface area contributed by atoms with Crippen molar-refractivity contribution in [1.29, 1.82) is 0 Å². The summed E-state index contributed by atoms with van der Waals surface area (Å²) in [5, 5.41) is 3.03. The molecule has 1 aliphatic rings. The number of carbonyl (C=O) groups excluding carboxylic acids is 1. The normalized spacial score (nSPS) is 19.5. The Kier molecular flexibility index (Phi) is 2.84. The lowest BCUT2D eigenvalue weighted by atomic mass is 10.4. The molecule has 0 saturated carbocycles. The number of nitrogens with zero attached hydrogens (tertiary/aromatic N) is 2. The van der Waals surface area contributed by atoms with Crippen molar-refractivity contribution in [2.45, 2.75) is 0 Å². The summed E-state index contributed by atoms with van der Waals surface area (Å²) in [6.45, 7) is 2.98. The third kappa shape index (κ3) is 2.48. The van der Waals surface area contributed by atoms with Gasteiger partial charge in [-0.2, -0.15) is 0 Å². The Hall–Kier alpha value is -0.610. The molecule has 0 aromatic rings. The lowest BCUT2D eigenvalue weighted by molar-refractivity contribution is -0.133. The minimum absolute atomic E-state index is 0.199. The minimum atomic E-state index is 0.199. The molecule has 1 rings (SSSR count). The quantitative estimate of drug-likeness (QED) is 0.555. The fraction of sp³-hybridized carbons (Fsp3) is 0.857. The second-order valence-corrected chi connectivity index (χ2v) is 3.06. The third-order valence-electron chi connectivity index (χ3n) is 1.64. The van der Waals surface area contributed by atoms with Crippen LogP contribution in [0, 0.1) is 0 Å². The summed E-state index contributed by atoms with van der Waals surface area (Å²) in [7, 11) is 3.94. The van der Waals surface area contributed by atoms with Crippen molar-refractivity contribution in [2.24, 2.45) is 0 Å². The van der Waals surface area contributed by atoms with Gasteiger partial charge in [0.05, 0.1) is 13.2 Å². The van der Waals surface area contributed by atoms with Gasteiger partial charge in [-0.25, -0.2) is 0 Å². The van der Waals surface area contributed by atoms with Gasteiger partial charge in [0, 0.05) is 13.1 Å². The Balaban J connectivity index is 2.36. The average molecular weight is 157 g/mol. The van der Waals surface area contributed by atoms with Crippen molar-refractivity contribution < 1.29 is 4.79 Å². The van der Waals surface area contributed by atoms with Gasteiger partial charge in [0.25, 0.3) is 0 Å². The summed E-state index contributed by atoms with van der Waals surface area (Å²) in [6.07, 6.45) is 0. The highest BCUT2D eigenvalue weighted by molar-refractivity contribution is 5.78. The molecule has 4 heteroatoms. The van der Waals surface area contributed by atoms with E-state index in [1.54, 1.807) is 0 Å². The van der Waals surface area contributed by atoms with Gasteiger partial charge in [0.2, 0.25) is 5.91 Å². The Morgan fingerprint density at radius 1 is 1.64 bits per heavy atom. The van der Waals surface area contributed by atoms with Gasteiger partial charge in [-0.05, 0) is 14.1 Å². The molecule has 0 spiro atoms. The van der Waals surface area contributed by atoms with E-state index in [9.17, 15) is 4.79 Å². The molecule has 11 heavy (non-hydrogen) atoms. The summed E-state index contributed by atoms with van der Waals surface area (Å²) >= 11 is 0. The summed E-state index contributed by atoms with van der Waals surface area (Å²) in [5.74, 6) is 0.199. The maximum atomic E-state index is 11.2. The molecule has 0 radical (unpaired) electrons. The number of rotatable bonds is 2. The number of hydrogen-bond donors (Lipinski definition) is 1. The number of carbonyl (C=O) groups is 1. The highest BCUT2D eigenvalue weighted by Crippen LogP contribution is 1.94. The van der Waals surface area contributed by atoms with Crippen LogP contribution in [-0.2, 0) is 4.79 Å². The largest absolute Gasteiger partial charge is 0.327 e. The SMILES string of the molecule is CN(C)CN1CCNCC1=O. The highest BCUT2D eigenvalue weighted by atomic mass is 16.2. The second kappa shape index (κ2) is 3.69. The fourth-order valence-electron chi connectivity index (χ4n) is 1.14. The van der Waals surface area contributed by atoms with Crippen LogP contribution in [-0.4, -0.2) is 56.1 Å². The van der Waals surface area contributed by atoms with Crippen LogP contribution in [0.15, 0.2) is 0 Å². The van der Waals surface area contributed by atoms with Crippen molar-refractivity contribution in [3.05, 3.63) is 0 Å². The van der Waals surface area contributed by atoms with Crippen molar-refractivity contribution in [3.63, 3.8) is 0 Å². The van der Waals surface area contributed by atoms with Gasteiger partial charge in [-0.3, -0.25) is 9.69 Å². The number of nitrogens with one attached hydrogen (secondary N) is 1. The van der Waals surface area contributed by atoms with Crippen LogP contribution in [0.2, 0.25) is 0 Å². The molecule has 1 aliphatic heterocycles. The first-order valence-corrected chi connectivity index (χ1v) is 3.83. The zero-order valence-electron chi connectivity index (χ0n) is 7.13. The van der Waals surface area contributed by atoms with Gasteiger partial charge >= 0.3 is 0 Å². The smallest absolute Gasteiger partial charge is 0.237 e. The fourth-order valence-corrected chi connectivity index (χ4v) is 1.14. The third-order valence-corrected chi connectivity index (χ3v) is 1.64. The molecule has 1 saturated heterocycles. The lowest BCUT2D eigenvalue weighted by Crippen LogP contribution is -2.50. The van der Waals surface area contributed by atoms with Crippen molar-refractivity contribution in [2.75, 3.05) is 40.4 Å². The van der Waals surface area contributed by atoms with Gasteiger partial charge in [0.15, 0.2) is 0 Å². The molecule has 1 fully saturated rings. The van der Waals surface area contributed by atoms with Gasteiger partial charge in [-0.1, -0.05) is 0 Å². The summed E-state index contributed by atoms with van der Waals surface area (Å²) in [4.78, 5) is 15.0. The second-order valence-electron chi connectivity index (χ2n) is 3.06. The number of hydrogen-bond acceptors (Lipinski definition) is 3. The van der Waals surface area contributed by atoms with E-state index >= 15 is 0 Å². The molecular weight excluding hydrogens is 142 g/mol. The highest BCUT2D eigenvalue weighted by Gasteiger charge is 2.16. The standard InChI is InChI=1S/C7H15N3O/c1-9(2)6-10-4-3-8-5-7(10)11/h8H,3-6H2,1-2H3. The molecule has 0 aromatic heterocycles. The monoisotopic (exact) mass is 157 g/mol. The van der Waals surface area contributed by atoms with Gasteiger partial charge < -0.3 is 10.2 Å². The zero-order chi connectivity index (χ0) is 8.27. The topological polar surface area (TPSA) is 35.6 Å². The van der Waals surface area contributed by atoms with E-state index in [-0.39, 0.29) is 5.91 Å². The molecule has 0 aliphatic carbocycles. The molecule has 1 amide bonds. The Labute approximate surface area is 67.2 Å². The van der Waals surface area contributed by atoms with Gasteiger partial charge in [-0.15, -0.1) is 0 Å².